The maximum Gasteiger partial charge on any atom is 0.261 e. The van der Waals surface area contributed by atoms with E-state index in [1.54, 1.807) is 25.2 Å². The Bertz CT molecular complexity index is 1200. The third-order valence-corrected chi connectivity index (χ3v) is 6.93. The molecule has 1 unspecified atom stereocenters. The van der Waals surface area contributed by atoms with E-state index in [0.717, 1.165) is 25.7 Å². The van der Waals surface area contributed by atoms with E-state index in [2.05, 4.69) is 20.6 Å². The molecule has 1 atom stereocenters. The number of halogens is 1. The third kappa shape index (κ3) is 4.83. The van der Waals surface area contributed by atoms with Crippen LogP contribution in [0.15, 0.2) is 35.5 Å². The lowest BCUT2D eigenvalue weighted by Crippen LogP contribution is -2.35. The molecular formula is C22H24ClN5O3S. The van der Waals surface area contributed by atoms with Crippen LogP contribution in [0.1, 0.15) is 54.9 Å². The lowest BCUT2D eigenvalue weighted by Gasteiger charge is -2.27. The van der Waals surface area contributed by atoms with Crippen LogP contribution in [0.3, 0.4) is 0 Å². The predicted molar refractivity (Wildman–Crippen MR) is 125 cm³/mol. The molecule has 3 aromatic rings. The van der Waals surface area contributed by atoms with Crippen LogP contribution in [0, 0.1) is 5.92 Å². The van der Waals surface area contributed by atoms with Crippen LogP contribution in [0.2, 0.25) is 4.34 Å². The smallest absolute Gasteiger partial charge is 0.261 e. The van der Waals surface area contributed by atoms with Gasteiger partial charge in [0.2, 0.25) is 5.91 Å². The number of rotatable bonds is 6. The Morgan fingerprint density at radius 3 is 2.72 bits per heavy atom. The Kier molecular flexibility index (Phi) is 6.86. The first-order chi connectivity index (χ1) is 15.5. The van der Waals surface area contributed by atoms with Crippen molar-refractivity contribution in [3.8, 4) is 0 Å². The number of benzene rings is 1. The van der Waals surface area contributed by atoms with Crippen LogP contribution >= 0.6 is 22.9 Å². The molecule has 1 aromatic carbocycles. The van der Waals surface area contributed by atoms with Gasteiger partial charge in [0, 0.05) is 12.6 Å². The van der Waals surface area contributed by atoms with Gasteiger partial charge in [-0.15, -0.1) is 0 Å². The maximum atomic E-state index is 13.3. The molecule has 1 aliphatic rings. The Labute approximate surface area is 194 Å². The molecule has 0 bridgehead atoms. The Balaban J connectivity index is 1.70. The van der Waals surface area contributed by atoms with Crippen LogP contribution in [-0.2, 0) is 4.79 Å². The number of carbonyl (C=O) groups is 2. The summed E-state index contributed by atoms with van der Waals surface area (Å²) in [6.07, 6.45) is 8.98. The largest absolute Gasteiger partial charge is 0.355 e. The van der Waals surface area contributed by atoms with Gasteiger partial charge in [0.15, 0.2) is 5.13 Å². The summed E-state index contributed by atoms with van der Waals surface area (Å²) in [6, 6.07) is 4.03. The average molecular weight is 474 g/mol. The highest BCUT2D eigenvalue weighted by atomic mass is 35.5. The van der Waals surface area contributed by atoms with Crippen molar-refractivity contribution in [2.75, 3.05) is 12.4 Å². The molecule has 1 aliphatic carbocycles. The lowest BCUT2D eigenvalue weighted by molar-refractivity contribution is -0.120. The number of hydrogen-bond donors (Lipinski definition) is 2. The molecule has 10 heteroatoms. The number of thiazole rings is 1. The summed E-state index contributed by atoms with van der Waals surface area (Å²) in [4.78, 5) is 47.0. The van der Waals surface area contributed by atoms with E-state index in [4.69, 9.17) is 11.6 Å². The molecule has 0 aliphatic heterocycles. The molecule has 0 spiro atoms. The SMILES string of the molecule is CNC(=O)c1ccc2c(=O)n(C(CC3CCCCC3)C(=O)Nc3ncc(Cl)s3)cnc2c1. The topological polar surface area (TPSA) is 106 Å². The van der Waals surface area contributed by atoms with E-state index in [1.807, 2.05) is 0 Å². The summed E-state index contributed by atoms with van der Waals surface area (Å²) in [5, 5.41) is 6.11. The van der Waals surface area contributed by atoms with E-state index in [-0.39, 0.29) is 17.4 Å². The van der Waals surface area contributed by atoms with Crippen molar-refractivity contribution in [2.45, 2.75) is 44.6 Å². The van der Waals surface area contributed by atoms with E-state index < -0.39 is 6.04 Å². The number of aromatic nitrogens is 3. The fourth-order valence-corrected chi connectivity index (χ4v) is 5.04. The minimum atomic E-state index is -0.719. The number of fused-ring (bicyclic) bond motifs is 1. The zero-order chi connectivity index (χ0) is 22.7. The van der Waals surface area contributed by atoms with Crippen LogP contribution in [-0.4, -0.2) is 33.4 Å². The van der Waals surface area contributed by atoms with E-state index in [9.17, 15) is 14.4 Å². The van der Waals surface area contributed by atoms with Gasteiger partial charge in [-0.05, 0) is 30.5 Å². The van der Waals surface area contributed by atoms with Gasteiger partial charge in [0.25, 0.3) is 11.5 Å². The fraction of sp³-hybridized carbons (Fsp3) is 0.409. The maximum absolute atomic E-state index is 13.3. The molecule has 2 heterocycles. The van der Waals surface area contributed by atoms with Gasteiger partial charge < -0.3 is 10.6 Å². The van der Waals surface area contributed by atoms with Crippen molar-refractivity contribution in [1.82, 2.24) is 19.9 Å². The van der Waals surface area contributed by atoms with Crippen LogP contribution < -0.4 is 16.2 Å². The zero-order valence-corrected chi connectivity index (χ0v) is 19.2. The third-order valence-electron chi connectivity index (χ3n) is 5.90. The van der Waals surface area contributed by atoms with Crippen molar-refractivity contribution >= 4 is 50.8 Å². The minimum absolute atomic E-state index is 0.255. The molecule has 2 N–H and O–H groups in total. The lowest BCUT2D eigenvalue weighted by atomic mass is 9.84. The first-order valence-electron chi connectivity index (χ1n) is 10.6. The van der Waals surface area contributed by atoms with E-state index in [1.165, 1.54) is 34.8 Å². The van der Waals surface area contributed by atoms with Crippen molar-refractivity contribution < 1.29 is 9.59 Å². The molecule has 1 saturated carbocycles. The van der Waals surface area contributed by atoms with E-state index in [0.29, 0.717) is 38.3 Å². The first-order valence-corrected chi connectivity index (χ1v) is 11.8. The van der Waals surface area contributed by atoms with Gasteiger partial charge in [-0.3, -0.25) is 19.0 Å². The Hall–Kier alpha value is -2.78. The Morgan fingerprint density at radius 1 is 1.25 bits per heavy atom. The van der Waals surface area contributed by atoms with Gasteiger partial charge in [0.1, 0.15) is 10.4 Å². The van der Waals surface area contributed by atoms with Gasteiger partial charge >= 0.3 is 0 Å². The number of nitrogens with one attached hydrogen (secondary N) is 2. The first kappa shape index (κ1) is 22.4. The molecule has 2 aromatic heterocycles. The molecule has 1 fully saturated rings. The van der Waals surface area contributed by atoms with Gasteiger partial charge in [-0.2, -0.15) is 0 Å². The molecule has 4 rings (SSSR count). The minimum Gasteiger partial charge on any atom is -0.355 e. The molecular weight excluding hydrogens is 450 g/mol. The monoisotopic (exact) mass is 473 g/mol. The van der Waals surface area contributed by atoms with Crippen molar-refractivity contribution in [3.05, 3.63) is 51.0 Å². The number of hydrogen-bond acceptors (Lipinski definition) is 6. The van der Waals surface area contributed by atoms with Gasteiger partial charge in [-0.25, -0.2) is 9.97 Å². The number of anilines is 1. The normalized spacial score (nSPS) is 15.4. The van der Waals surface area contributed by atoms with Gasteiger partial charge in [-0.1, -0.05) is 55.0 Å². The zero-order valence-electron chi connectivity index (χ0n) is 17.6. The summed E-state index contributed by atoms with van der Waals surface area (Å²) in [5.74, 6) is -0.209. The molecule has 168 valence electrons. The van der Waals surface area contributed by atoms with Crippen molar-refractivity contribution in [1.29, 1.82) is 0 Å². The quantitative estimate of drug-likeness (QED) is 0.562. The second-order valence-corrected chi connectivity index (χ2v) is 9.64. The summed E-state index contributed by atoms with van der Waals surface area (Å²) in [5.41, 5.74) is 0.518. The summed E-state index contributed by atoms with van der Waals surface area (Å²) < 4.78 is 1.88. The number of carbonyl (C=O) groups excluding carboxylic acids is 2. The second-order valence-electron chi connectivity index (χ2n) is 7.98. The number of nitrogens with zero attached hydrogens (tertiary/aromatic N) is 3. The highest BCUT2D eigenvalue weighted by molar-refractivity contribution is 7.19. The molecule has 0 radical (unpaired) electrons. The Morgan fingerprint density at radius 2 is 2.03 bits per heavy atom. The van der Waals surface area contributed by atoms with Crippen LogP contribution in [0.4, 0.5) is 5.13 Å². The predicted octanol–water partition coefficient (Wildman–Crippen LogP) is 4.02. The molecule has 32 heavy (non-hydrogen) atoms. The van der Waals surface area contributed by atoms with E-state index >= 15 is 0 Å². The summed E-state index contributed by atoms with van der Waals surface area (Å²) >= 11 is 7.11. The second kappa shape index (κ2) is 9.79. The highest BCUT2D eigenvalue weighted by Crippen LogP contribution is 2.32. The number of amides is 2. The van der Waals surface area contributed by atoms with Crippen molar-refractivity contribution in [2.24, 2.45) is 5.92 Å². The standard InChI is InChI=1S/C22H24ClN5O3S/c1-24-19(29)14-7-8-15-16(10-14)26-12-28(21(15)31)17(9-13-5-3-2-4-6-13)20(30)27-22-25-11-18(23)32-22/h7-8,10-13,17H,2-6,9H2,1H3,(H,24,29)(H,25,27,30). The highest BCUT2D eigenvalue weighted by Gasteiger charge is 2.28. The summed E-state index contributed by atoms with van der Waals surface area (Å²) in [6.45, 7) is 0. The fourth-order valence-electron chi connectivity index (χ4n) is 4.23. The van der Waals surface area contributed by atoms with Crippen LogP contribution in [0.25, 0.3) is 10.9 Å². The van der Waals surface area contributed by atoms with Crippen molar-refractivity contribution in [3.63, 3.8) is 0 Å². The average Bonchev–Trinajstić information content (AvgIpc) is 3.22. The molecule has 0 saturated heterocycles. The molecule has 2 amide bonds. The van der Waals surface area contributed by atoms with Gasteiger partial charge in [0.05, 0.1) is 23.4 Å². The van der Waals surface area contributed by atoms with Crippen LogP contribution in [0.5, 0.6) is 0 Å². The molecule has 8 nitrogen and oxygen atoms in total. The summed E-state index contributed by atoms with van der Waals surface area (Å²) in [7, 11) is 1.54.